The zero-order chi connectivity index (χ0) is 14.6. The van der Waals surface area contributed by atoms with E-state index >= 15 is 0 Å². The Morgan fingerprint density at radius 1 is 1.25 bits per heavy atom. The van der Waals surface area contributed by atoms with E-state index in [4.69, 9.17) is 0 Å². The standard InChI is InChI=1S/C14H29N3O2S/c1-12(2)11-16-20(18,19)17-13-6-9-15-14(10-13)7-4-3-5-8-14/h12-13,15-17H,3-11H2,1-2H3. The van der Waals surface area contributed by atoms with Crippen LogP contribution in [0.3, 0.4) is 0 Å². The lowest BCUT2D eigenvalue weighted by Crippen LogP contribution is -2.58. The molecule has 1 heterocycles. The molecule has 5 nitrogen and oxygen atoms in total. The summed E-state index contributed by atoms with van der Waals surface area (Å²) >= 11 is 0. The lowest BCUT2D eigenvalue weighted by atomic mass is 9.75. The Labute approximate surface area is 123 Å². The third-order valence-corrected chi connectivity index (χ3v) is 5.63. The highest BCUT2D eigenvalue weighted by molar-refractivity contribution is 7.87. The number of rotatable bonds is 5. The zero-order valence-electron chi connectivity index (χ0n) is 12.7. The third-order valence-electron chi connectivity index (χ3n) is 4.44. The summed E-state index contributed by atoms with van der Waals surface area (Å²) in [7, 11) is -3.36. The van der Waals surface area contributed by atoms with Crippen LogP contribution in [0.5, 0.6) is 0 Å². The van der Waals surface area contributed by atoms with Gasteiger partial charge in [0, 0.05) is 18.1 Å². The van der Waals surface area contributed by atoms with E-state index in [9.17, 15) is 8.42 Å². The van der Waals surface area contributed by atoms with Crippen LogP contribution in [0.25, 0.3) is 0 Å². The van der Waals surface area contributed by atoms with Gasteiger partial charge in [0.1, 0.15) is 0 Å². The second kappa shape index (κ2) is 6.73. The van der Waals surface area contributed by atoms with Crippen LogP contribution in [-0.4, -0.2) is 33.1 Å². The van der Waals surface area contributed by atoms with Gasteiger partial charge in [-0.2, -0.15) is 13.1 Å². The summed E-state index contributed by atoms with van der Waals surface area (Å²) < 4.78 is 29.5. The first-order valence-electron chi connectivity index (χ1n) is 7.93. The molecule has 2 fully saturated rings. The average Bonchev–Trinajstić information content (AvgIpc) is 2.37. The molecule has 1 atom stereocenters. The van der Waals surface area contributed by atoms with Crippen LogP contribution in [0, 0.1) is 5.92 Å². The van der Waals surface area contributed by atoms with E-state index in [1.54, 1.807) is 0 Å². The SMILES string of the molecule is CC(C)CNS(=O)(=O)NC1CCNC2(CCCCC2)C1. The fraction of sp³-hybridized carbons (Fsp3) is 1.00. The number of hydrogen-bond acceptors (Lipinski definition) is 3. The third kappa shape index (κ3) is 4.69. The predicted octanol–water partition coefficient (Wildman–Crippen LogP) is 1.52. The Kier molecular flexibility index (Phi) is 5.45. The smallest absolute Gasteiger partial charge is 0.277 e. The van der Waals surface area contributed by atoms with Crippen LogP contribution in [0.1, 0.15) is 58.8 Å². The molecule has 1 saturated carbocycles. The lowest BCUT2D eigenvalue weighted by Gasteiger charge is -2.44. The van der Waals surface area contributed by atoms with Crippen LogP contribution in [-0.2, 0) is 10.2 Å². The Morgan fingerprint density at radius 2 is 1.95 bits per heavy atom. The highest BCUT2D eigenvalue weighted by Gasteiger charge is 2.37. The van der Waals surface area contributed by atoms with Crippen LogP contribution >= 0.6 is 0 Å². The van der Waals surface area contributed by atoms with Crippen molar-refractivity contribution >= 4 is 10.2 Å². The summed E-state index contributed by atoms with van der Waals surface area (Å²) in [6, 6.07) is 0.0685. The molecule has 0 amide bonds. The van der Waals surface area contributed by atoms with Crippen molar-refractivity contribution in [2.75, 3.05) is 13.1 Å². The molecule has 20 heavy (non-hydrogen) atoms. The average molecular weight is 303 g/mol. The largest absolute Gasteiger partial charge is 0.311 e. The maximum absolute atomic E-state index is 12.0. The predicted molar refractivity (Wildman–Crippen MR) is 81.7 cm³/mol. The molecular formula is C14H29N3O2S. The first-order chi connectivity index (χ1) is 9.41. The summed E-state index contributed by atoms with van der Waals surface area (Å²) in [6.45, 7) is 5.41. The first kappa shape index (κ1) is 16.2. The van der Waals surface area contributed by atoms with Gasteiger partial charge in [-0.3, -0.25) is 0 Å². The molecule has 6 heteroatoms. The molecule has 1 unspecified atom stereocenters. The summed E-state index contributed by atoms with van der Waals surface area (Å²) in [6.07, 6.45) is 8.02. The van der Waals surface area contributed by atoms with E-state index < -0.39 is 10.2 Å². The molecule has 118 valence electrons. The van der Waals surface area contributed by atoms with Gasteiger partial charge in [-0.05, 0) is 38.1 Å². The van der Waals surface area contributed by atoms with Gasteiger partial charge in [-0.15, -0.1) is 0 Å². The molecule has 2 aliphatic rings. The van der Waals surface area contributed by atoms with E-state index in [0.717, 1.165) is 19.4 Å². The van der Waals surface area contributed by atoms with Crippen molar-refractivity contribution in [3.05, 3.63) is 0 Å². The van der Waals surface area contributed by atoms with Crippen LogP contribution in [0.2, 0.25) is 0 Å². The highest BCUT2D eigenvalue weighted by Crippen LogP contribution is 2.34. The maximum atomic E-state index is 12.0. The van der Waals surface area contributed by atoms with E-state index in [1.807, 2.05) is 13.8 Å². The van der Waals surface area contributed by atoms with Gasteiger partial charge < -0.3 is 5.32 Å². The number of piperidine rings is 1. The van der Waals surface area contributed by atoms with Crippen LogP contribution in [0.15, 0.2) is 0 Å². The van der Waals surface area contributed by atoms with Gasteiger partial charge in [0.05, 0.1) is 0 Å². The first-order valence-corrected chi connectivity index (χ1v) is 9.41. The topological polar surface area (TPSA) is 70.2 Å². The molecule has 3 N–H and O–H groups in total. The van der Waals surface area contributed by atoms with Crippen LogP contribution < -0.4 is 14.8 Å². The number of hydrogen-bond donors (Lipinski definition) is 3. The Balaban J connectivity index is 1.89. The second-order valence-corrected chi connectivity index (χ2v) is 8.35. The molecule has 0 aromatic carbocycles. The fourth-order valence-corrected chi connectivity index (χ4v) is 4.68. The highest BCUT2D eigenvalue weighted by atomic mass is 32.2. The minimum Gasteiger partial charge on any atom is -0.311 e. The molecule has 0 radical (unpaired) electrons. The number of nitrogens with one attached hydrogen (secondary N) is 3. The Morgan fingerprint density at radius 3 is 2.60 bits per heavy atom. The normalized spacial score (nSPS) is 27.1. The molecule has 1 spiro atoms. The maximum Gasteiger partial charge on any atom is 0.277 e. The quantitative estimate of drug-likeness (QED) is 0.721. The van der Waals surface area contributed by atoms with Crippen molar-refractivity contribution in [3.8, 4) is 0 Å². The molecule has 0 bridgehead atoms. The monoisotopic (exact) mass is 303 g/mol. The fourth-order valence-electron chi connectivity index (χ4n) is 3.40. The van der Waals surface area contributed by atoms with Crippen molar-refractivity contribution < 1.29 is 8.42 Å². The summed E-state index contributed by atoms with van der Waals surface area (Å²) in [4.78, 5) is 0. The van der Waals surface area contributed by atoms with Crippen molar-refractivity contribution in [3.63, 3.8) is 0 Å². The van der Waals surface area contributed by atoms with Crippen molar-refractivity contribution in [2.45, 2.75) is 70.4 Å². The molecule has 2 rings (SSSR count). The Bertz CT molecular complexity index is 397. The lowest BCUT2D eigenvalue weighted by molar-refractivity contribution is 0.165. The molecule has 1 saturated heterocycles. The van der Waals surface area contributed by atoms with E-state index in [1.165, 1.54) is 32.1 Å². The molecular weight excluding hydrogens is 274 g/mol. The van der Waals surface area contributed by atoms with Gasteiger partial charge in [-0.25, -0.2) is 4.72 Å². The van der Waals surface area contributed by atoms with E-state index in [0.29, 0.717) is 12.5 Å². The summed E-state index contributed by atoms with van der Waals surface area (Å²) in [5, 5.41) is 3.65. The summed E-state index contributed by atoms with van der Waals surface area (Å²) in [5.41, 5.74) is 0.182. The van der Waals surface area contributed by atoms with Crippen molar-refractivity contribution in [2.24, 2.45) is 5.92 Å². The van der Waals surface area contributed by atoms with Crippen molar-refractivity contribution in [1.82, 2.24) is 14.8 Å². The second-order valence-electron chi connectivity index (χ2n) is 6.82. The van der Waals surface area contributed by atoms with E-state index in [2.05, 4.69) is 14.8 Å². The van der Waals surface area contributed by atoms with Gasteiger partial charge in [-0.1, -0.05) is 33.1 Å². The summed E-state index contributed by atoms with van der Waals surface area (Å²) in [5.74, 6) is 0.323. The van der Waals surface area contributed by atoms with Crippen LogP contribution in [0.4, 0.5) is 0 Å². The Hall–Kier alpha value is -0.170. The minimum atomic E-state index is -3.36. The van der Waals surface area contributed by atoms with Gasteiger partial charge >= 0.3 is 0 Å². The van der Waals surface area contributed by atoms with E-state index in [-0.39, 0.29) is 11.6 Å². The molecule has 0 aromatic heterocycles. The molecule has 0 aromatic rings. The molecule has 1 aliphatic carbocycles. The van der Waals surface area contributed by atoms with Gasteiger partial charge in [0.2, 0.25) is 0 Å². The van der Waals surface area contributed by atoms with Gasteiger partial charge in [0.25, 0.3) is 10.2 Å². The molecule has 1 aliphatic heterocycles. The minimum absolute atomic E-state index is 0.0685. The van der Waals surface area contributed by atoms with Crippen molar-refractivity contribution in [1.29, 1.82) is 0 Å². The van der Waals surface area contributed by atoms with Gasteiger partial charge in [0.15, 0.2) is 0 Å². The zero-order valence-corrected chi connectivity index (χ0v) is 13.6.